The number of carbonyl (C=O) groups excluding carboxylic acids is 2. The maximum Gasteiger partial charge on any atom is 0.573 e. The maximum atomic E-state index is 13.2. The zero-order valence-corrected chi connectivity index (χ0v) is 22.0. The van der Waals surface area contributed by atoms with Crippen LogP contribution in [0.3, 0.4) is 0 Å². The van der Waals surface area contributed by atoms with Crippen molar-refractivity contribution in [3.8, 4) is 28.4 Å². The number of nitrogen functional groups attached to an aromatic ring is 2. The van der Waals surface area contributed by atoms with Crippen LogP contribution in [0.2, 0.25) is 0 Å². The van der Waals surface area contributed by atoms with Gasteiger partial charge in [0.1, 0.15) is 5.75 Å². The van der Waals surface area contributed by atoms with Crippen molar-refractivity contribution in [2.75, 3.05) is 18.6 Å². The van der Waals surface area contributed by atoms with Crippen LogP contribution in [-0.2, 0) is 0 Å². The molecule has 0 saturated carbocycles. The summed E-state index contributed by atoms with van der Waals surface area (Å²) in [7, 11) is 1.38. The summed E-state index contributed by atoms with van der Waals surface area (Å²) < 4.78 is 51.6. The lowest BCUT2D eigenvalue weighted by molar-refractivity contribution is -0.274. The van der Waals surface area contributed by atoms with E-state index in [0.717, 1.165) is 41.0 Å². The van der Waals surface area contributed by atoms with Crippen molar-refractivity contribution in [2.24, 2.45) is 0 Å². The molecule has 7 nitrogen and oxygen atoms in total. The molecule has 0 fully saturated rings. The summed E-state index contributed by atoms with van der Waals surface area (Å²) in [5.74, 6) is -1.30. The molecule has 4 rings (SSSR count). The molecule has 0 spiro atoms. The van der Waals surface area contributed by atoms with Gasteiger partial charge >= 0.3 is 12.3 Å². The first-order chi connectivity index (χ1) is 19.4. The van der Waals surface area contributed by atoms with Gasteiger partial charge in [-0.1, -0.05) is 30.3 Å². The second-order valence-corrected chi connectivity index (χ2v) is 8.89. The highest BCUT2D eigenvalue weighted by molar-refractivity contribution is 6.12. The van der Waals surface area contributed by atoms with Gasteiger partial charge in [0.2, 0.25) is 0 Å². The molecule has 0 saturated heterocycles. The molecule has 0 radical (unpaired) electrons. The number of esters is 1. The van der Waals surface area contributed by atoms with Gasteiger partial charge in [-0.05, 0) is 89.9 Å². The number of carbonyl (C=O) groups is 2. The van der Waals surface area contributed by atoms with Gasteiger partial charge < -0.3 is 25.7 Å². The molecule has 0 heterocycles. The van der Waals surface area contributed by atoms with Crippen LogP contribution in [0.1, 0.15) is 31.8 Å². The molecular formula is C31H25F3N2O5. The Morgan fingerprint density at radius 3 is 2.17 bits per heavy atom. The molecule has 4 aromatic rings. The van der Waals surface area contributed by atoms with Crippen molar-refractivity contribution in [1.29, 1.82) is 0 Å². The lowest BCUT2D eigenvalue weighted by Crippen LogP contribution is -2.17. The Kier molecular flexibility index (Phi) is 8.32. The van der Waals surface area contributed by atoms with Gasteiger partial charge in [0.25, 0.3) is 0 Å². The summed E-state index contributed by atoms with van der Waals surface area (Å²) in [6.45, 7) is 1.83. The highest BCUT2D eigenvalue weighted by atomic mass is 19.4. The number of hydrogen-bond donors (Lipinski definition) is 2. The number of nitrogens with two attached hydrogens (primary N) is 2. The van der Waals surface area contributed by atoms with E-state index in [1.165, 1.54) is 19.3 Å². The van der Waals surface area contributed by atoms with Crippen molar-refractivity contribution in [3.05, 3.63) is 107 Å². The highest BCUT2D eigenvalue weighted by Crippen LogP contribution is 2.32. The van der Waals surface area contributed by atoms with E-state index in [2.05, 4.69) is 4.74 Å². The lowest BCUT2D eigenvalue weighted by atomic mass is 9.93. The molecule has 0 aliphatic heterocycles. The van der Waals surface area contributed by atoms with Gasteiger partial charge in [0, 0.05) is 16.9 Å². The Morgan fingerprint density at radius 2 is 1.54 bits per heavy atom. The van der Waals surface area contributed by atoms with Gasteiger partial charge in [0.15, 0.2) is 17.3 Å². The normalized spacial score (nSPS) is 11.3. The van der Waals surface area contributed by atoms with E-state index in [4.69, 9.17) is 20.9 Å². The van der Waals surface area contributed by atoms with Crippen LogP contribution in [0, 0.1) is 6.92 Å². The number of anilines is 2. The topological polar surface area (TPSA) is 114 Å². The van der Waals surface area contributed by atoms with Crippen molar-refractivity contribution >= 4 is 29.2 Å². The molecule has 4 N–H and O–H groups in total. The first kappa shape index (κ1) is 28.8. The lowest BCUT2D eigenvalue weighted by Gasteiger charge is -2.13. The molecule has 0 aliphatic carbocycles. The average Bonchev–Trinajstić information content (AvgIpc) is 2.92. The minimum Gasteiger partial charge on any atom is -0.493 e. The predicted molar refractivity (Wildman–Crippen MR) is 150 cm³/mol. The number of rotatable bonds is 8. The molecular weight excluding hydrogens is 537 g/mol. The first-order valence-electron chi connectivity index (χ1n) is 12.2. The van der Waals surface area contributed by atoms with Crippen LogP contribution < -0.4 is 25.7 Å². The van der Waals surface area contributed by atoms with Gasteiger partial charge in [-0.2, -0.15) is 0 Å². The Bertz CT molecular complexity index is 1610. The molecule has 10 heteroatoms. The number of hydrogen-bond acceptors (Lipinski definition) is 7. The van der Waals surface area contributed by atoms with Crippen LogP contribution in [0.15, 0.2) is 84.9 Å². The highest BCUT2D eigenvalue weighted by Gasteiger charge is 2.31. The Balaban J connectivity index is 1.50. The molecule has 0 aliphatic rings. The zero-order valence-electron chi connectivity index (χ0n) is 22.0. The Hall–Kier alpha value is -5.25. The standard InChI is InChI=1S/C31H25F3N2O5/c1-18-24(20-5-9-22(35)10-6-20)13-14-25(36)29(18)26(37)15-3-19-4-16-27(28(17-19)39-2)40-30(38)21-7-11-23(12-8-21)41-31(32,33)34/h3-17H,35-36H2,1-2H3/b15-3+. The minimum atomic E-state index is -4.84. The third-order valence-corrected chi connectivity index (χ3v) is 6.11. The molecule has 210 valence electrons. The number of halogens is 3. The molecule has 0 atom stereocenters. The minimum absolute atomic E-state index is 0.00491. The van der Waals surface area contributed by atoms with E-state index in [1.807, 2.05) is 25.1 Å². The van der Waals surface area contributed by atoms with Gasteiger partial charge in [0.05, 0.1) is 12.7 Å². The van der Waals surface area contributed by atoms with Crippen LogP contribution in [0.4, 0.5) is 24.5 Å². The SMILES string of the molecule is COc1cc(/C=C/C(=O)c2c(N)ccc(-c3ccc(N)cc3)c2C)ccc1OC(=O)c1ccc(OC(F)(F)F)cc1. The fourth-order valence-corrected chi connectivity index (χ4v) is 4.11. The molecule has 4 aromatic carbocycles. The second-order valence-electron chi connectivity index (χ2n) is 8.89. The summed E-state index contributed by atoms with van der Waals surface area (Å²) >= 11 is 0. The van der Waals surface area contributed by atoms with Crippen LogP contribution in [-0.4, -0.2) is 25.2 Å². The zero-order chi connectivity index (χ0) is 29.7. The Labute approximate surface area is 233 Å². The van der Waals surface area contributed by atoms with E-state index in [0.29, 0.717) is 22.5 Å². The Morgan fingerprint density at radius 1 is 0.854 bits per heavy atom. The number of allylic oxidation sites excluding steroid dienone is 1. The van der Waals surface area contributed by atoms with Crippen molar-refractivity contribution < 1.29 is 37.0 Å². The third kappa shape index (κ3) is 7.04. The quantitative estimate of drug-likeness (QED) is 0.0794. The largest absolute Gasteiger partial charge is 0.573 e. The summed E-state index contributed by atoms with van der Waals surface area (Å²) in [6, 6.07) is 19.8. The van der Waals surface area contributed by atoms with E-state index in [1.54, 1.807) is 36.4 Å². The summed E-state index contributed by atoms with van der Waals surface area (Å²) in [6.07, 6.45) is -1.88. The van der Waals surface area contributed by atoms with E-state index >= 15 is 0 Å². The van der Waals surface area contributed by atoms with Gasteiger partial charge in [-0.25, -0.2) is 4.79 Å². The fraction of sp³-hybridized carbons (Fsp3) is 0.0968. The maximum absolute atomic E-state index is 13.2. The number of ether oxygens (including phenoxy) is 3. The monoisotopic (exact) mass is 562 g/mol. The molecule has 0 bridgehead atoms. The summed E-state index contributed by atoms with van der Waals surface area (Å²) in [5, 5.41) is 0. The second kappa shape index (κ2) is 11.9. The van der Waals surface area contributed by atoms with Crippen molar-refractivity contribution in [3.63, 3.8) is 0 Å². The van der Waals surface area contributed by atoms with Gasteiger partial charge in [-0.15, -0.1) is 13.2 Å². The smallest absolute Gasteiger partial charge is 0.493 e. The van der Waals surface area contributed by atoms with Crippen LogP contribution >= 0.6 is 0 Å². The molecule has 41 heavy (non-hydrogen) atoms. The van der Waals surface area contributed by atoms with E-state index in [-0.39, 0.29) is 22.8 Å². The van der Waals surface area contributed by atoms with E-state index < -0.39 is 18.1 Å². The number of alkyl halides is 3. The molecule has 0 unspecified atom stereocenters. The predicted octanol–water partition coefficient (Wildman–Crippen LogP) is 6.85. The summed E-state index contributed by atoms with van der Waals surface area (Å²) in [5.41, 5.74) is 16.4. The van der Waals surface area contributed by atoms with Gasteiger partial charge in [-0.3, -0.25) is 4.79 Å². The number of methoxy groups -OCH3 is 1. The number of ketones is 1. The average molecular weight is 563 g/mol. The fourth-order valence-electron chi connectivity index (χ4n) is 4.11. The first-order valence-corrected chi connectivity index (χ1v) is 12.2. The van der Waals surface area contributed by atoms with Crippen LogP contribution in [0.5, 0.6) is 17.2 Å². The molecule has 0 aromatic heterocycles. The molecule has 0 amide bonds. The summed E-state index contributed by atoms with van der Waals surface area (Å²) in [4.78, 5) is 25.7. The number of benzene rings is 4. The third-order valence-electron chi connectivity index (χ3n) is 6.11. The van der Waals surface area contributed by atoms with Crippen molar-refractivity contribution in [2.45, 2.75) is 13.3 Å². The van der Waals surface area contributed by atoms with E-state index in [9.17, 15) is 22.8 Å². The van der Waals surface area contributed by atoms with Crippen molar-refractivity contribution in [1.82, 2.24) is 0 Å². The van der Waals surface area contributed by atoms with Crippen LogP contribution in [0.25, 0.3) is 17.2 Å².